The van der Waals surface area contributed by atoms with Crippen molar-refractivity contribution in [2.75, 3.05) is 6.61 Å². The van der Waals surface area contributed by atoms with E-state index in [1.165, 1.54) is 12.1 Å². The minimum atomic E-state index is -4.47. The Morgan fingerprint density at radius 2 is 1.84 bits per heavy atom. The van der Waals surface area contributed by atoms with E-state index in [0.717, 1.165) is 11.6 Å². The Kier molecular flexibility index (Phi) is 6.88. The van der Waals surface area contributed by atoms with Gasteiger partial charge in [0.2, 0.25) is 0 Å². The first-order chi connectivity index (χ1) is 11.9. The van der Waals surface area contributed by atoms with E-state index in [1.54, 1.807) is 0 Å². The molecule has 0 aromatic heterocycles. The lowest BCUT2D eigenvalue weighted by molar-refractivity contribution is -0.137. The molecule has 0 radical (unpaired) electrons. The maximum atomic E-state index is 13.3. The molecule has 0 atom stereocenters. The molecule has 6 heteroatoms. The molecule has 2 aromatic rings. The van der Waals surface area contributed by atoms with Crippen molar-refractivity contribution in [3.8, 4) is 0 Å². The number of benzene rings is 2. The molecule has 0 fully saturated rings. The van der Waals surface area contributed by atoms with Crippen LogP contribution in [0.3, 0.4) is 0 Å². The molecule has 0 aliphatic heterocycles. The fourth-order valence-electron chi connectivity index (χ4n) is 2.40. The molecule has 0 saturated carbocycles. The summed E-state index contributed by atoms with van der Waals surface area (Å²) < 4.78 is 39.8. The molecule has 25 heavy (non-hydrogen) atoms. The number of hydrogen-bond donors (Lipinski definition) is 0. The van der Waals surface area contributed by atoms with Crippen LogP contribution in [0.5, 0.6) is 0 Å². The van der Waals surface area contributed by atoms with Gasteiger partial charge in [-0.05, 0) is 30.2 Å². The summed E-state index contributed by atoms with van der Waals surface area (Å²) >= 11 is 5.89. The van der Waals surface area contributed by atoms with Gasteiger partial charge in [0.25, 0.3) is 0 Å². The molecule has 0 N–H and O–H groups in total. The van der Waals surface area contributed by atoms with Crippen molar-refractivity contribution in [3.63, 3.8) is 0 Å². The summed E-state index contributed by atoms with van der Waals surface area (Å²) in [5, 5.41) is 4.20. The predicted molar refractivity (Wildman–Crippen MR) is 94.0 cm³/mol. The second-order valence-corrected chi connectivity index (χ2v) is 5.98. The summed E-state index contributed by atoms with van der Waals surface area (Å²) in [5.74, 6) is 0. The van der Waals surface area contributed by atoms with Gasteiger partial charge in [-0.1, -0.05) is 60.4 Å². The molecule has 0 aliphatic rings. The van der Waals surface area contributed by atoms with E-state index < -0.39 is 11.7 Å². The summed E-state index contributed by atoms with van der Waals surface area (Å²) in [6, 6.07) is 13.2. The largest absolute Gasteiger partial charge is 0.417 e. The topological polar surface area (TPSA) is 21.6 Å². The number of oxime groups is 1. The van der Waals surface area contributed by atoms with Crippen LogP contribution < -0.4 is 0 Å². The first-order valence-corrected chi connectivity index (χ1v) is 8.39. The highest BCUT2D eigenvalue weighted by Crippen LogP contribution is 2.34. The number of hydrogen-bond acceptors (Lipinski definition) is 2. The molecule has 0 unspecified atom stereocenters. The zero-order valence-corrected chi connectivity index (χ0v) is 14.6. The lowest BCUT2D eigenvalue weighted by Gasteiger charge is -2.14. The molecule has 134 valence electrons. The lowest BCUT2D eigenvalue weighted by atomic mass is 9.99. The van der Waals surface area contributed by atoms with Crippen molar-refractivity contribution < 1.29 is 18.0 Å². The van der Waals surface area contributed by atoms with E-state index in [0.29, 0.717) is 25.9 Å². The molecule has 0 heterocycles. The number of rotatable bonds is 7. The van der Waals surface area contributed by atoms with Crippen LogP contribution in [0.2, 0.25) is 5.02 Å². The molecule has 0 saturated heterocycles. The van der Waals surface area contributed by atoms with Crippen molar-refractivity contribution in [2.45, 2.75) is 32.4 Å². The van der Waals surface area contributed by atoms with Crippen molar-refractivity contribution >= 4 is 17.3 Å². The second kappa shape index (κ2) is 8.90. The Bertz CT molecular complexity index is 714. The maximum absolute atomic E-state index is 13.3. The molecule has 0 bridgehead atoms. The second-order valence-electron chi connectivity index (χ2n) is 5.54. The smallest absolute Gasteiger partial charge is 0.395 e. The third-order valence-electron chi connectivity index (χ3n) is 3.58. The molecule has 2 nitrogen and oxygen atoms in total. The fourth-order valence-corrected chi connectivity index (χ4v) is 2.57. The van der Waals surface area contributed by atoms with Gasteiger partial charge in [-0.3, -0.25) is 0 Å². The number of alkyl halides is 3. The van der Waals surface area contributed by atoms with Crippen molar-refractivity contribution in [2.24, 2.45) is 5.16 Å². The van der Waals surface area contributed by atoms with Gasteiger partial charge in [-0.25, -0.2) is 0 Å². The maximum Gasteiger partial charge on any atom is 0.417 e. The van der Waals surface area contributed by atoms with Crippen LogP contribution in [0.1, 0.15) is 36.5 Å². The summed E-state index contributed by atoms with van der Waals surface area (Å²) in [6.45, 7) is 2.16. The number of halogens is 4. The standard InChI is InChI=1S/C19H19ClF3NO/c1-2-6-18(24-25-12-11-14-7-4-3-5-8-14)16-13-15(20)9-10-17(16)19(21,22)23/h3-5,7-10,13H,2,6,11-12H2,1H3/b24-18+. The first-order valence-electron chi connectivity index (χ1n) is 8.01. The van der Waals surface area contributed by atoms with Crippen LogP contribution in [-0.2, 0) is 17.4 Å². The molecule has 0 amide bonds. The van der Waals surface area contributed by atoms with Crippen LogP contribution in [0.25, 0.3) is 0 Å². The third-order valence-corrected chi connectivity index (χ3v) is 3.82. The van der Waals surface area contributed by atoms with Gasteiger partial charge >= 0.3 is 6.18 Å². The summed E-state index contributed by atoms with van der Waals surface area (Å²) in [5.41, 5.74) is 0.552. The molecule has 2 rings (SSSR count). The molecular weight excluding hydrogens is 351 g/mol. The average Bonchev–Trinajstić information content (AvgIpc) is 2.57. The van der Waals surface area contributed by atoms with Gasteiger partial charge in [-0.2, -0.15) is 13.2 Å². The number of nitrogens with zero attached hydrogens (tertiary/aromatic N) is 1. The van der Waals surface area contributed by atoms with Gasteiger partial charge in [0.05, 0.1) is 11.3 Å². The Labute approximate surface area is 150 Å². The van der Waals surface area contributed by atoms with Gasteiger partial charge in [0.15, 0.2) is 0 Å². The van der Waals surface area contributed by atoms with E-state index in [9.17, 15) is 13.2 Å². The summed E-state index contributed by atoms with van der Waals surface area (Å²) in [6.07, 6.45) is -2.83. The lowest BCUT2D eigenvalue weighted by Crippen LogP contribution is -2.14. The average molecular weight is 370 g/mol. The highest BCUT2D eigenvalue weighted by Gasteiger charge is 2.34. The van der Waals surface area contributed by atoms with Crippen LogP contribution >= 0.6 is 11.6 Å². The highest BCUT2D eigenvalue weighted by molar-refractivity contribution is 6.31. The van der Waals surface area contributed by atoms with Crippen LogP contribution in [0, 0.1) is 0 Å². The Balaban J connectivity index is 2.18. The normalized spacial score (nSPS) is 12.3. The van der Waals surface area contributed by atoms with Gasteiger partial charge in [0, 0.05) is 17.0 Å². The van der Waals surface area contributed by atoms with Crippen LogP contribution in [0.4, 0.5) is 13.2 Å². The van der Waals surface area contributed by atoms with E-state index in [-0.39, 0.29) is 16.3 Å². The minimum absolute atomic E-state index is 0.0263. The van der Waals surface area contributed by atoms with E-state index in [4.69, 9.17) is 16.4 Å². The van der Waals surface area contributed by atoms with Crippen molar-refractivity contribution in [1.29, 1.82) is 0 Å². The molecule has 0 aliphatic carbocycles. The van der Waals surface area contributed by atoms with E-state index >= 15 is 0 Å². The first kappa shape index (κ1) is 19.3. The van der Waals surface area contributed by atoms with E-state index in [1.807, 2.05) is 37.3 Å². The molecule has 2 aromatic carbocycles. The van der Waals surface area contributed by atoms with Crippen LogP contribution in [-0.4, -0.2) is 12.3 Å². The van der Waals surface area contributed by atoms with Crippen LogP contribution in [0.15, 0.2) is 53.7 Å². The third kappa shape index (κ3) is 5.78. The Morgan fingerprint density at radius 1 is 1.12 bits per heavy atom. The van der Waals surface area contributed by atoms with E-state index in [2.05, 4.69) is 5.16 Å². The Hall–Kier alpha value is -2.01. The zero-order chi connectivity index (χ0) is 18.3. The monoisotopic (exact) mass is 369 g/mol. The van der Waals surface area contributed by atoms with Gasteiger partial charge in [-0.15, -0.1) is 0 Å². The molecular formula is C19H19ClF3NO. The Morgan fingerprint density at radius 3 is 2.48 bits per heavy atom. The SMILES string of the molecule is CCC/C(=N\OCCc1ccccc1)c1cc(Cl)ccc1C(F)(F)F. The van der Waals surface area contributed by atoms with Gasteiger partial charge in [0.1, 0.15) is 6.61 Å². The highest BCUT2D eigenvalue weighted by atomic mass is 35.5. The summed E-state index contributed by atoms with van der Waals surface area (Å²) in [7, 11) is 0. The zero-order valence-electron chi connectivity index (χ0n) is 13.8. The van der Waals surface area contributed by atoms with Crippen molar-refractivity contribution in [1.82, 2.24) is 0 Å². The van der Waals surface area contributed by atoms with Crippen molar-refractivity contribution in [3.05, 3.63) is 70.2 Å². The molecule has 0 spiro atoms. The minimum Gasteiger partial charge on any atom is -0.395 e. The van der Waals surface area contributed by atoms with Gasteiger partial charge < -0.3 is 4.84 Å². The predicted octanol–water partition coefficient (Wildman–Crippen LogP) is 6.12. The quantitative estimate of drug-likeness (QED) is 0.327. The summed E-state index contributed by atoms with van der Waals surface area (Å²) in [4.78, 5) is 5.29. The fraction of sp³-hybridized carbons (Fsp3) is 0.316.